The zero-order valence-electron chi connectivity index (χ0n) is 14.9. The average Bonchev–Trinajstić information content (AvgIpc) is 2.60. The number of carbonyl (C=O) groups is 1. The lowest BCUT2D eigenvalue weighted by molar-refractivity contribution is -0.117. The lowest BCUT2D eigenvalue weighted by Gasteiger charge is -2.32. The summed E-state index contributed by atoms with van der Waals surface area (Å²) in [4.78, 5) is 26.8. The highest BCUT2D eigenvalue weighted by atomic mass is 16.1. The summed E-state index contributed by atoms with van der Waals surface area (Å²) in [5.74, 6) is 2.00. The Bertz CT molecular complexity index is 753. The highest BCUT2D eigenvalue weighted by molar-refractivity contribution is 5.74. The van der Waals surface area contributed by atoms with Crippen molar-refractivity contribution in [3.63, 3.8) is 0 Å². The summed E-state index contributed by atoms with van der Waals surface area (Å²) < 4.78 is 0. The van der Waals surface area contributed by atoms with Crippen molar-refractivity contribution < 1.29 is 4.79 Å². The van der Waals surface area contributed by atoms with Crippen LogP contribution in [0.3, 0.4) is 0 Å². The summed E-state index contributed by atoms with van der Waals surface area (Å²) >= 11 is 0. The van der Waals surface area contributed by atoms with Crippen molar-refractivity contribution in [3.05, 3.63) is 47.2 Å². The number of aryl methyl sites for hydroxylation is 3. The molecule has 0 radical (unpaired) electrons. The van der Waals surface area contributed by atoms with Crippen molar-refractivity contribution in [2.75, 3.05) is 18.0 Å². The normalized spacial score (nSPS) is 15.4. The lowest BCUT2D eigenvalue weighted by atomic mass is 9.91. The molecule has 6 nitrogen and oxygen atoms in total. The van der Waals surface area contributed by atoms with Crippen LogP contribution >= 0.6 is 0 Å². The molecule has 1 fully saturated rings. The maximum absolute atomic E-state index is 11.0. The first-order chi connectivity index (χ1) is 12.0. The first-order valence-electron chi connectivity index (χ1n) is 8.81. The van der Waals surface area contributed by atoms with E-state index in [2.05, 4.69) is 20.9 Å². The maximum Gasteiger partial charge on any atom is 0.217 e. The molecule has 2 aromatic heterocycles. The Labute approximate surface area is 148 Å². The number of pyridine rings is 1. The number of aromatic nitrogens is 3. The van der Waals surface area contributed by atoms with Gasteiger partial charge < -0.3 is 10.6 Å². The molecule has 0 aromatic carbocycles. The van der Waals surface area contributed by atoms with Crippen molar-refractivity contribution in [2.45, 2.75) is 45.4 Å². The number of carbonyl (C=O) groups excluding carboxylic acids is 1. The Morgan fingerprint density at radius 3 is 2.68 bits per heavy atom. The topological polar surface area (TPSA) is 85.0 Å². The second-order valence-electron chi connectivity index (χ2n) is 6.73. The van der Waals surface area contributed by atoms with Gasteiger partial charge in [0, 0.05) is 43.0 Å². The summed E-state index contributed by atoms with van der Waals surface area (Å²) in [6.45, 7) is 5.86. The molecule has 1 amide bonds. The maximum atomic E-state index is 11.0. The molecule has 0 unspecified atom stereocenters. The number of anilines is 1. The van der Waals surface area contributed by atoms with Gasteiger partial charge in [0.2, 0.25) is 5.91 Å². The van der Waals surface area contributed by atoms with Crippen LogP contribution in [0.5, 0.6) is 0 Å². The minimum absolute atomic E-state index is 0.260. The van der Waals surface area contributed by atoms with E-state index in [9.17, 15) is 4.79 Å². The van der Waals surface area contributed by atoms with Gasteiger partial charge in [0.15, 0.2) is 0 Å². The summed E-state index contributed by atoms with van der Waals surface area (Å²) in [5, 5.41) is 0. The zero-order valence-corrected chi connectivity index (χ0v) is 14.9. The summed E-state index contributed by atoms with van der Waals surface area (Å²) in [6.07, 6.45) is 4.99. The van der Waals surface area contributed by atoms with Crippen LogP contribution < -0.4 is 10.6 Å². The molecule has 1 aliphatic heterocycles. The summed E-state index contributed by atoms with van der Waals surface area (Å²) in [7, 11) is 0. The Morgan fingerprint density at radius 1 is 1.24 bits per heavy atom. The van der Waals surface area contributed by atoms with E-state index in [-0.39, 0.29) is 5.91 Å². The van der Waals surface area contributed by atoms with Crippen LogP contribution in [0.4, 0.5) is 5.82 Å². The molecule has 3 heterocycles. The van der Waals surface area contributed by atoms with E-state index in [1.54, 1.807) is 0 Å². The predicted molar refractivity (Wildman–Crippen MR) is 97.4 cm³/mol. The molecular weight excluding hydrogens is 314 g/mol. The van der Waals surface area contributed by atoms with E-state index >= 15 is 0 Å². The van der Waals surface area contributed by atoms with Gasteiger partial charge in [-0.25, -0.2) is 9.97 Å². The molecule has 0 spiro atoms. The first-order valence-corrected chi connectivity index (χ1v) is 8.81. The minimum Gasteiger partial charge on any atom is -0.370 e. The van der Waals surface area contributed by atoms with Crippen molar-refractivity contribution in [1.29, 1.82) is 0 Å². The molecule has 2 N–H and O–H groups in total. The van der Waals surface area contributed by atoms with Crippen LogP contribution in [0.2, 0.25) is 0 Å². The van der Waals surface area contributed by atoms with E-state index in [1.165, 1.54) is 0 Å². The summed E-state index contributed by atoms with van der Waals surface area (Å²) in [5.41, 5.74) is 8.56. The van der Waals surface area contributed by atoms with Gasteiger partial charge in [-0.1, -0.05) is 0 Å². The van der Waals surface area contributed by atoms with Crippen molar-refractivity contribution in [2.24, 2.45) is 5.73 Å². The average molecular weight is 339 g/mol. The largest absolute Gasteiger partial charge is 0.370 e. The fraction of sp³-hybridized carbons (Fsp3) is 0.474. The van der Waals surface area contributed by atoms with Crippen LogP contribution in [-0.4, -0.2) is 33.9 Å². The molecule has 132 valence electrons. The molecule has 3 rings (SSSR count). The Morgan fingerprint density at radius 2 is 2.00 bits per heavy atom. The molecule has 1 aliphatic rings. The molecule has 0 atom stereocenters. The van der Waals surface area contributed by atoms with Gasteiger partial charge in [-0.05, 0) is 56.9 Å². The fourth-order valence-corrected chi connectivity index (χ4v) is 3.41. The van der Waals surface area contributed by atoms with Gasteiger partial charge in [-0.2, -0.15) is 0 Å². The monoisotopic (exact) mass is 339 g/mol. The van der Waals surface area contributed by atoms with Crippen LogP contribution in [0.1, 0.15) is 48.0 Å². The minimum atomic E-state index is -0.260. The van der Waals surface area contributed by atoms with Gasteiger partial charge in [0.1, 0.15) is 11.6 Å². The van der Waals surface area contributed by atoms with Crippen LogP contribution in [-0.2, 0) is 11.2 Å². The van der Waals surface area contributed by atoms with Crippen molar-refractivity contribution in [3.8, 4) is 0 Å². The van der Waals surface area contributed by atoms with E-state index in [0.29, 0.717) is 18.8 Å². The van der Waals surface area contributed by atoms with E-state index in [1.807, 2.05) is 32.2 Å². The molecule has 25 heavy (non-hydrogen) atoms. The van der Waals surface area contributed by atoms with Gasteiger partial charge in [0.25, 0.3) is 0 Å². The van der Waals surface area contributed by atoms with Crippen molar-refractivity contribution >= 4 is 11.7 Å². The molecule has 2 aromatic rings. The van der Waals surface area contributed by atoms with Crippen LogP contribution in [0.25, 0.3) is 0 Å². The van der Waals surface area contributed by atoms with E-state index < -0.39 is 0 Å². The molecule has 6 heteroatoms. The SMILES string of the molecule is Cc1cc(CCC(N)=O)cc(C2CCN(c3ccnc(C)n3)CC2)n1. The quantitative estimate of drug-likeness (QED) is 0.903. The predicted octanol–water partition coefficient (Wildman–Crippen LogP) is 2.29. The molecule has 0 bridgehead atoms. The number of amides is 1. The first kappa shape index (κ1) is 17.3. The number of rotatable bonds is 5. The third kappa shape index (κ3) is 4.53. The second-order valence-corrected chi connectivity index (χ2v) is 6.73. The molecule has 1 saturated heterocycles. The van der Waals surface area contributed by atoms with Crippen LogP contribution in [0.15, 0.2) is 24.4 Å². The number of piperidine rings is 1. The summed E-state index contributed by atoms with van der Waals surface area (Å²) in [6, 6.07) is 6.16. The van der Waals surface area contributed by atoms with E-state index in [4.69, 9.17) is 10.7 Å². The number of primary amides is 1. The number of nitrogens with two attached hydrogens (primary N) is 1. The van der Waals surface area contributed by atoms with Crippen LogP contribution in [0, 0.1) is 13.8 Å². The molecular formula is C19H25N5O. The third-order valence-electron chi connectivity index (χ3n) is 4.69. The second kappa shape index (κ2) is 7.59. The number of hydrogen-bond donors (Lipinski definition) is 1. The highest BCUT2D eigenvalue weighted by Gasteiger charge is 2.23. The molecule has 0 saturated carbocycles. The Kier molecular flexibility index (Phi) is 5.26. The van der Waals surface area contributed by atoms with Gasteiger partial charge in [0.05, 0.1) is 0 Å². The molecule has 0 aliphatic carbocycles. The standard InChI is InChI=1S/C19H25N5O/c1-13-11-15(3-4-18(20)25)12-17(22-13)16-6-9-24(10-7-16)19-5-8-21-14(2)23-19/h5,8,11-12,16H,3-4,6-7,9-10H2,1-2H3,(H2,20,25). The van der Waals surface area contributed by atoms with Gasteiger partial charge >= 0.3 is 0 Å². The Hall–Kier alpha value is -2.50. The smallest absolute Gasteiger partial charge is 0.217 e. The number of hydrogen-bond acceptors (Lipinski definition) is 5. The lowest BCUT2D eigenvalue weighted by Crippen LogP contribution is -2.34. The van der Waals surface area contributed by atoms with Gasteiger partial charge in [-0.3, -0.25) is 9.78 Å². The van der Waals surface area contributed by atoms with E-state index in [0.717, 1.165) is 54.5 Å². The Balaban J connectivity index is 1.67. The highest BCUT2D eigenvalue weighted by Crippen LogP contribution is 2.29. The van der Waals surface area contributed by atoms with Crippen molar-refractivity contribution in [1.82, 2.24) is 15.0 Å². The zero-order chi connectivity index (χ0) is 17.8. The van der Waals surface area contributed by atoms with Gasteiger partial charge in [-0.15, -0.1) is 0 Å². The number of nitrogens with zero attached hydrogens (tertiary/aromatic N) is 4. The third-order valence-corrected chi connectivity index (χ3v) is 4.69. The fourth-order valence-electron chi connectivity index (χ4n) is 3.41.